The number of nitrogens with zero attached hydrogens (tertiary/aromatic N) is 1. The first-order valence-corrected chi connectivity index (χ1v) is 6.81. The van der Waals surface area contributed by atoms with Crippen LogP contribution in [0.25, 0.3) is 10.9 Å². The van der Waals surface area contributed by atoms with Crippen LogP contribution in [-0.2, 0) is 0 Å². The molecule has 0 fully saturated rings. The molecule has 1 amide bonds. The van der Waals surface area contributed by atoms with Crippen LogP contribution in [0.4, 0.5) is 0 Å². The predicted molar refractivity (Wildman–Crippen MR) is 86.4 cm³/mol. The zero-order chi connectivity index (χ0) is 15.4. The highest BCUT2D eigenvalue weighted by Crippen LogP contribution is 2.17. The summed E-state index contributed by atoms with van der Waals surface area (Å²) in [5.41, 5.74) is 4.87. The van der Waals surface area contributed by atoms with Crippen LogP contribution in [0.15, 0.2) is 59.8 Å². The summed E-state index contributed by atoms with van der Waals surface area (Å²) in [6, 6.07) is 15.1. The van der Waals surface area contributed by atoms with Crippen LogP contribution in [0.3, 0.4) is 0 Å². The standard InChI is InChI=1S/C17H15N3O2/c1-22-13-6-4-5-12(9-13)10-19-20-17(21)15-11-18-16-8-3-2-7-14(15)16/h2-11,18H,1H3,(H,20,21). The molecule has 0 bridgehead atoms. The Balaban J connectivity index is 1.73. The van der Waals surface area contributed by atoms with Crippen molar-refractivity contribution in [3.05, 3.63) is 65.9 Å². The number of hydrazone groups is 1. The average molecular weight is 293 g/mol. The molecule has 5 nitrogen and oxygen atoms in total. The van der Waals surface area contributed by atoms with E-state index in [1.807, 2.05) is 48.5 Å². The van der Waals surface area contributed by atoms with Crippen LogP contribution in [0.2, 0.25) is 0 Å². The lowest BCUT2D eigenvalue weighted by molar-refractivity contribution is 0.0957. The van der Waals surface area contributed by atoms with Gasteiger partial charge in [0.2, 0.25) is 0 Å². The summed E-state index contributed by atoms with van der Waals surface area (Å²) in [7, 11) is 1.61. The lowest BCUT2D eigenvalue weighted by atomic mass is 10.2. The fourth-order valence-corrected chi connectivity index (χ4v) is 2.21. The van der Waals surface area contributed by atoms with Gasteiger partial charge in [-0.15, -0.1) is 0 Å². The second-order valence-corrected chi connectivity index (χ2v) is 4.72. The minimum atomic E-state index is -0.253. The van der Waals surface area contributed by atoms with Gasteiger partial charge in [-0.2, -0.15) is 5.10 Å². The molecule has 1 heterocycles. The minimum Gasteiger partial charge on any atom is -0.497 e. The van der Waals surface area contributed by atoms with Gasteiger partial charge in [0.05, 0.1) is 18.9 Å². The maximum Gasteiger partial charge on any atom is 0.273 e. The summed E-state index contributed by atoms with van der Waals surface area (Å²) in [6.07, 6.45) is 3.26. The van der Waals surface area contributed by atoms with E-state index in [4.69, 9.17) is 4.74 Å². The van der Waals surface area contributed by atoms with Crippen molar-refractivity contribution in [3.63, 3.8) is 0 Å². The number of para-hydroxylation sites is 1. The normalized spacial score (nSPS) is 11.0. The van der Waals surface area contributed by atoms with Gasteiger partial charge in [0.15, 0.2) is 0 Å². The molecule has 0 saturated carbocycles. The predicted octanol–water partition coefficient (Wildman–Crippen LogP) is 2.94. The second-order valence-electron chi connectivity index (χ2n) is 4.72. The van der Waals surface area contributed by atoms with Gasteiger partial charge >= 0.3 is 0 Å². The molecule has 0 aliphatic heterocycles. The number of benzene rings is 2. The molecule has 22 heavy (non-hydrogen) atoms. The zero-order valence-corrected chi connectivity index (χ0v) is 12.0. The van der Waals surface area contributed by atoms with Crippen molar-refractivity contribution >= 4 is 23.0 Å². The number of rotatable bonds is 4. The molecule has 1 aromatic heterocycles. The van der Waals surface area contributed by atoms with Crippen molar-refractivity contribution in [2.75, 3.05) is 7.11 Å². The van der Waals surface area contributed by atoms with Crippen LogP contribution in [-0.4, -0.2) is 24.2 Å². The molecule has 0 unspecified atom stereocenters. The molecule has 0 radical (unpaired) electrons. The highest BCUT2D eigenvalue weighted by atomic mass is 16.5. The number of H-pyrrole nitrogens is 1. The van der Waals surface area contributed by atoms with E-state index >= 15 is 0 Å². The quantitative estimate of drug-likeness (QED) is 0.573. The summed E-state index contributed by atoms with van der Waals surface area (Å²) in [4.78, 5) is 15.2. The van der Waals surface area contributed by atoms with Gasteiger partial charge in [-0.1, -0.05) is 30.3 Å². The van der Waals surface area contributed by atoms with Crippen molar-refractivity contribution in [1.29, 1.82) is 0 Å². The summed E-state index contributed by atoms with van der Waals surface area (Å²) in [6.45, 7) is 0. The van der Waals surface area contributed by atoms with E-state index in [2.05, 4.69) is 15.5 Å². The number of aromatic amines is 1. The maximum absolute atomic E-state index is 12.2. The fourth-order valence-electron chi connectivity index (χ4n) is 2.21. The van der Waals surface area contributed by atoms with E-state index in [0.29, 0.717) is 5.56 Å². The van der Waals surface area contributed by atoms with E-state index in [1.54, 1.807) is 19.5 Å². The van der Waals surface area contributed by atoms with Crippen molar-refractivity contribution in [1.82, 2.24) is 10.4 Å². The van der Waals surface area contributed by atoms with E-state index in [1.165, 1.54) is 0 Å². The Morgan fingerprint density at radius 3 is 2.95 bits per heavy atom. The van der Waals surface area contributed by atoms with Gasteiger partial charge < -0.3 is 9.72 Å². The number of carbonyl (C=O) groups excluding carboxylic acids is 1. The third-order valence-electron chi connectivity index (χ3n) is 3.31. The number of carbonyl (C=O) groups is 1. The largest absolute Gasteiger partial charge is 0.497 e. The third-order valence-corrected chi connectivity index (χ3v) is 3.31. The lowest BCUT2D eigenvalue weighted by Crippen LogP contribution is -2.17. The summed E-state index contributed by atoms with van der Waals surface area (Å²) >= 11 is 0. The molecule has 2 aromatic carbocycles. The third kappa shape index (κ3) is 2.83. The summed E-state index contributed by atoms with van der Waals surface area (Å²) < 4.78 is 5.14. The van der Waals surface area contributed by atoms with Gasteiger partial charge in [-0.05, 0) is 23.8 Å². The van der Waals surface area contributed by atoms with E-state index < -0.39 is 0 Å². The number of hydrogen-bond acceptors (Lipinski definition) is 3. The van der Waals surface area contributed by atoms with Crippen LogP contribution in [0.1, 0.15) is 15.9 Å². The number of ether oxygens (including phenoxy) is 1. The molecule has 2 N–H and O–H groups in total. The number of aromatic nitrogens is 1. The van der Waals surface area contributed by atoms with Crippen molar-refractivity contribution in [2.45, 2.75) is 0 Å². The number of hydrogen-bond donors (Lipinski definition) is 2. The molecule has 0 aliphatic rings. The highest BCUT2D eigenvalue weighted by Gasteiger charge is 2.10. The second kappa shape index (κ2) is 6.13. The van der Waals surface area contributed by atoms with Crippen molar-refractivity contribution in [2.24, 2.45) is 5.10 Å². The Kier molecular flexibility index (Phi) is 3.87. The average Bonchev–Trinajstić information content (AvgIpc) is 2.99. The molecule has 0 aliphatic carbocycles. The molecular formula is C17H15N3O2. The van der Waals surface area contributed by atoms with E-state index in [9.17, 15) is 4.79 Å². The number of fused-ring (bicyclic) bond motifs is 1. The summed E-state index contributed by atoms with van der Waals surface area (Å²) in [5.74, 6) is 0.489. The van der Waals surface area contributed by atoms with E-state index in [0.717, 1.165) is 22.2 Å². The van der Waals surface area contributed by atoms with Crippen LogP contribution >= 0.6 is 0 Å². The van der Waals surface area contributed by atoms with Gasteiger partial charge in [-0.3, -0.25) is 4.79 Å². The summed E-state index contributed by atoms with van der Waals surface area (Å²) in [5, 5.41) is 4.86. The number of nitrogens with one attached hydrogen (secondary N) is 2. The van der Waals surface area contributed by atoms with E-state index in [-0.39, 0.29) is 5.91 Å². The Hall–Kier alpha value is -3.08. The first-order chi connectivity index (χ1) is 10.8. The van der Waals surface area contributed by atoms with Gasteiger partial charge in [0.25, 0.3) is 5.91 Å². The maximum atomic E-state index is 12.2. The fraction of sp³-hybridized carbons (Fsp3) is 0.0588. The van der Waals surface area contributed by atoms with Gasteiger partial charge in [0.1, 0.15) is 5.75 Å². The Morgan fingerprint density at radius 1 is 1.23 bits per heavy atom. The van der Waals surface area contributed by atoms with Crippen molar-refractivity contribution in [3.8, 4) is 5.75 Å². The Labute approximate surface area is 127 Å². The molecule has 0 atom stereocenters. The smallest absolute Gasteiger partial charge is 0.273 e. The van der Waals surface area contributed by atoms with Crippen molar-refractivity contribution < 1.29 is 9.53 Å². The molecule has 0 spiro atoms. The molecule has 0 saturated heterocycles. The highest BCUT2D eigenvalue weighted by molar-refractivity contribution is 6.06. The number of amides is 1. The monoisotopic (exact) mass is 293 g/mol. The first-order valence-electron chi connectivity index (χ1n) is 6.81. The molecular weight excluding hydrogens is 278 g/mol. The van der Waals surface area contributed by atoms with Gasteiger partial charge in [-0.25, -0.2) is 5.43 Å². The topological polar surface area (TPSA) is 66.5 Å². The SMILES string of the molecule is COc1cccc(C=NNC(=O)c2c[nH]c3ccccc23)c1. The van der Waals surface area contributed by atoms with Crippen LogP contribution in [0, 0.1) is 0 Å². The molecule has 3 aromatic rings. The molecule has 3 rings (SSSR count). The minimum absolute atomic E-state index is 0.253. The number of methoxy groups -OCH3 is 1. The van der Waals surface area contributed by atoms with Crippen LogP contribution in [0.5, 0.6) is 5.75 Å². The lowest BCUT2D eigenvalue weighted by Gasteiger charge is -2.00. The molecule has 5 heteroatoms. The Morgan fingerprint density at radius 2 is 2.09 bits per heavy atom. The van der Waals surface area contributed by atoms with Crippen LogP contribution < -0.4 is 10.2 Å². The zero-order valence-electron chi connectivity index (χ0n) is 12.0. The van der Waals surface area contributed by atoms with Gasteiger partial charge in [0, 0.05) is 17.1 Å². The first kappa shape index (κ1) is 13.9. The Bertz CT molecular complexity index is 837. The molecule has 110 valence electrons.